The van der Waals surface area contributed by atoms with Gasteiger partial charge in [-0.1, -0.05) is 12.1 Å². The van der Waals surface area contributed by atoms with Crippen LogP contribution in [0.5, 0.6) is 0 Å². The predicted octanol–water partition coefficient (Wildman–Crippen LogP) is 2.52. The van der Waals surface area contributed by atoms with Crippen LogP contribution in [0.1, 0.15) is 27.7 Å². The number of hydrogen-bond donors (Lipinski definition) is 2. The molecule has 94 valence electrons. The number of nitrogens with zero attached hydrogens (tertiary/aromatic N) is 1. The molecule has 3 N–H and O–H groups in total. The maximum Gasteiger partial charge on any atom is 0.292 e. The second-order valence-corrected chi connectivity index (χ2v) is 5.25. The smallest absolute Gasteiger partial charge is 0.292 e. The number of nitrogens with two attached hydrogens (primary N) is 1. The number of anilines is 1. The van der Waals surface area contributed by atoms with Crippen molar-refractivity contribution in [3.05, 3.63) is 34.4 Å². The van der Waals surface area contributed by atoms with Gasteiger partial charge in [0.1, 0.15) is 5.69 Å². The minimum absolute atomic E-state index is 0.0600. The third-order valence-corrected chi connectivity index (χ3v) is 3.16. The first kappa shape index (κ1) is 13.4. The van der Waals surface area contributed by atoms with Crippen LogP contribution in [0.15, 0.2) is 24.3 Å². The Kier molecular flexibility index (Phi) is 3.43. The monoisotopic (exact) mass is 237 g/mol. The molecule has 0 atom stereocenters. The van der Waals surface area contributed by atoms with Crippen LogP contribution in [0, 0.1) is 10.1 Å². The van der Waals surface area contributed by atoms with Gasteiger partial charge < -0.3 is 11.1 Å². The molecule has 17 heavy (non-hydrogen) atoms. The molecule has 0 unspecified atom stereocenters. The molecular weight excluding hydrogens is 218 g/mol. The molecule has 0 aliphatic carbocycles. The van der Waals surface area contributed by atoms with E-state index in [2.05, 4.69) is 5.32 Å². The van der Waals surface area contributed by atoms with Crippen LogP contribution >= 0.6 is 0 Å². The van der Waals surface area contributed by atoms with E-state index in [-0.39, 0.29) is 5.69 Å². The lowest BCUT2D eigenvalue weighted by atomic mass is 9.83. The van der Waals surface area contributed by atoms with E-state index in [1.807, 2.05) is 27.7 Å². The molecule has 1 rings (SSSR count). The fraction of sp³-hybridized carbons (Fsp3) is 0.500. The molecule has 1 aromatic carbocycles. The molecule has 0 fully saturated rings. The summed E-state index contributed by atoms with van der Waals surface area (Å²) in [4.78, 5) is 10.5. The van der Waals surface area contributed by atoms with Gasteiger partial charge in [0.15, 0.2) is 0 Å². The van der Waals surface area contributed by atoms with Crippen molar-refractivity contribution in [3.8, 4) is 0 Å². The number of benzene rings is 1. The molecule has 0 radical (unpaired) electrons. The Bertz CT molecular complexity index is 422. The Morgan fingerprint density at radius 2 is 1.76 bits per heavy atom. The first-order valence-electron chi connectivity index (χ1n) is 5.45. The van der Waals surface area contributed by atoms with Gasteiger partial charge in [0.2, 0.25) is 0 Å². The lowest BCUT2D eigenvalue weighted by Gasteiger charge is -2.39. The van der Waals surface area contributed by atoms with Crippen molar-refractivity contribution >= 4 is 11.4 Å². The third kappa shape index (κ3) is 2.94. The number of para-hydroxylation sites is 2. The molecule has 5 heteroatoms. The summed E-state index contributed by atoms with van der Waals surface area (Å²) in [6.45, 7) is 7.61. The highest BCUT2D eigenvalue weighted by atomic mass is 16.6. The number of nitro benzene ring substituents is 1. The van der Waals surface area contributed by atoms with Crippen molar-refractivity contribution < 1.29 is 4.92 Å². The minimum atomic E-state index is -0.503. The van der Waals surface area contributed by atoms with E-state index in [0.717, 1.165) is 0 Å². The zero-order chi connectivity index (χ0) is 13.3. The minimum Gasteiger partial charge on any atom is -0.373 e. The molecule has 5 nitrogen and oxygen atoms in total. The first-order chi connectivity index (χ1) is 7.65. The second-order valence-electron chi connectivity index (χ2n) is 5.25. The summed E-state index contributed by atoms with van der Waals surface area (Å²) in [6.07, 6.45) is 0. The zero-order valence-electron chi connectivity index (χ0n) is 10.7. The fourth-order valence-corrected chi connectivity index (χ4v) is 1.24. The van der Waals surface area contributed by atoms with Gasteiger partial charge in [0.05, 0.1) is 4.92 Å². The summed E-state index contributed by atoms with van der Waals surface area (Å²) < 4.78 is 0. The molecule has 0 heterocycles. The molecule has 0 saturated carbocycles. The Labute approximate surface area is 101 Å². The van der Waals surface area contributed by atoms with E-state index < -0.39 is 16.0 Å². The van der Waals surface area contributed by atoms with Crippen LogP contribution in [0.3, 0.4) is 0 Å². The average molecular weight is 237 g/mol. The largest absolute Gasteiger partial charge is 0.373 e. The Morgan fingerprint density at radius 1 is 1.24 bits per heavy atom. The van der Waals surface area contributed by atoms with E-state index in [0.29, 0.717) is 5.69 Å². The fourth-order valence-electron chi connectivity index (χ4n) is 1.24. The number of nitrogens with one attached hydrogen (secondary N) is 1. The van der Waals surface area contributed by atoms with E-state index in [1.54, 1.807) is 18.2 Å². The standard InChI is InChI=1S/C12H19N3O2/c1-11(2,13)12(3,4)14-9-7-5-6-8-10(9)15(16)17/h5-8,14H,13H2,1-4H3. The number of rotatable bonds is 4. The summed E-state index contributed by atoms with van der Waals surface area (Å²) >= 11 is 0. The first-order valence-corrected chi connectivity index (χ1v) is 5.45. The predicted molar refractivity (Wildman–Crippen MR) is 69.1 cm³/mol. The Hall–Kier alpha value is -1.62. The number of hydrogen-bond acceptors (Lipinski definition) is 4. The van der Waals surface area contributed by atoms with Crippen LogP contribution < -0.4 is 11.1 Å². The van der Waals surface area contributed by atoms with Gasteiger partial charge in [0, 0.05) is 17.1 Å². The number of nitro groups is 1. The summed E-state index contributed by atoms with van der Waals surface area (Å²) in [7, 11) is 0. The molecule has 0 spiro atoms. The summed E-state index contributed by atoms with van der Waals surface area (Å²) in [6, 6.07) is 6.56. The Balaban J connectivity index is 3.08. The molecule has 0 amide bonds. The van der Waals surface area contributed by atoms with E-state index in [1.165, 1.54) is 6.07 Å². The summed E-state index contributed by atoms with van der Waals surface area (Å²) in [5.41, 5.74) is 5.64. The Morgan fingerprint density at radius 3 is 2.24 bits per heavy atom. The van der Waals surface area contributed by atoms with E-state index >= 15 is 0 Å². The lowest BCUT2D eigenvalue weighted by Crippen LogP contribution is -2.57. The van der Waals surface area contributed by atoms with Crippen molar-refractivity contribution in [2.45, 2.75) is 38.8 Å². The molecule has 0 saturated heterocycles. The van der Waals surface area contributed by atoms with Crippen molar-refractivity contribution in [3.63, 3.8) is 0 Å². The highest BCUT2D eigenvalue weighted by molar-refractivity contribution is 5.62. The normalized spacial score (nSPS) is 12.3. The van der Waals surface area contributed by atoms with E-state index in [9.17, 15) is 10.1 Å². The van der Waals surface area contributed by atoms with Crippen molar-refractivity contribution in [1.29, 1.82) is 0 Å². The topological polar surface area (TPSA) is 81.2 Å². The van der Waals surface area contributed by atoms with Gasteiger partial charge in [-0.15, -0.1) is 0 Å². The summed E-state index contributed by atoms with van der Waals surface area (Å²) in [5.74, 6) is 0. The maximum absolute atomic E-state index is 10.9. The van der Waals surface area contributed by atoms with Gasteiger partial charge in [-0.05, 0) is 33.8 Å². The van der Waals surface area contributed by atoms with Gasteiger partial charge in [-0.25, -0.2) is 0 Å². The van der Waals surface area contributed by atoms with Crippen molar-refractivity contribution in [2.75, 3.05) is 5.32 Å². The van der Waals surface area contributed by atoms with Crippen LogP contribution in [-0.2, 0) is 0 Å². The SMILES string of the molecule is CC(C)(N)C(C)(C)Nc1ccccc1[N+](=O)[O-]. The highest BCUT2D eigenvalue weighted by Crippen LogP contribution is 2.30. The third-order valence-electron chi connectivity index (χ3n) is 3.16. The molecule has 0 aliphatic heterocycles. The zero-order valence-corrected chi connectivity index (χ0v) is 10.7. The van der Waals surface area contributed by atoms with E-state index in [4.69, 9.17) is 5.73 Å². The van der Waals surface area contributed by atoms with Crippen molar-refractivity contribution in [2.24, 2.45) is 5.73 Å². The van der Waals surface area contributed by atoms with Crippen LogP contribution in [0.25, 0.3) is 0 Å². The van der Waals surface area contributed by atoms with Crippen LogP contribution in [0.4, 0.5) is 11.4 Å². The van der Waals surface area contributed by atoms with Crippen molar-refractivity contribution in [1.82, 2.24) is 0 Å². The van der Waals surface area contributed by atoms with Crippen LogP contribution in [0.2, 0.25) is 0 Å². The molecule has 0 bridgehead atoms. The average Bonchev–Trinajstić information content (AvgIpc) is 2.15. The highest BCUT2D eigenvalue weighted by Gasteiger charge is 2.34. The molecule has 0 aromatic heterocycles. The molecular formula is C12H19N3O2. The quantitative estimate of drug-likeness (QED) is 0.622. The van der Waals surface area contributed by atoms with Gasteiger partial charge in [0.25, 0.3) is 5.69 Å². The summed E-state index contributed by atoms with van der Waals surface area (Å²) in [5, 5.41) is 14.0. The van der Waals surface area contributed by atoms with Gasteiger partial charge in [-0.2, -0.15) is 0 Å². The second kappa shape index (κ2) is 4.33. The molecule has 0 aliphatic rings. The lowest BCUT2D eigenvalue weighted by molar-refractivity contribution is -0.384. The molecule has 1 aromatic rings. The van der Waals surface area contributed by atoms with Gasteiger partial charge >= 0.3 is 0 Å². The maximum atomic E-state index is 10.9. The van der Waals surface area contributed by atoms with Gasteiger partial charge in [-0.3, -0.25) is 10.1 Å². The van der Waals surface area contributed by atoms with Crippen LogP contribution in [-0.4, -0.2) is 16.0 Å².